The molecule has 0 saturated carbocycles. The van der Waals surface area contributed by atoms with Crippen molar-refractivity contribution in [3.05, 3.63) is 48.5 Å². The summed E-state index contributed by atoms with van der Waals surface area (Å²) < 4.78 is 16.8. The van der Waals surface area contributed by atoms with E-state index in [0.717, 1.165) is 12.1 Å². The second-order valence-electron chi connectivity index (χ2n) is 7.10. The van der Waals surface area contributed by atoms with Crippen molar-refractivity contribution in [3.8, 4) is 17.2 Å². The molecule has 1 atom stereocenters. The largest absolute Gasteiger partial charge is 0.493 e. The highest BCUT2D eigenvalue weighted by Gasteiger charge is 2.31. The predicted octanol–water partition coefficient (Wildman–Crippen LogP) is 1.98. The number of rotatable bonds is 10. The fourth-order valence-corrected chi connectivity index (χ4v) is 3.27. The van der Waals surface area contributed by atoms with Crippen LogP contribution in [0.1, 0.15) is 13.3 Å². The maximum Gasteiger partial charge on any atom is 0.262 e. The highest BCUT2D eigenvalue weighted by atomic mass is 16.5. The summed E-state index contributed by atoms with van der Waals surface area (Å²) in [5.41, 5.74) is 0.794. The fraction of sp³-hybridized carbons (Fsp3) is 0.391. The van der Waals surface area contributed by atoms with Crippen LogP contribution in [-0.4, -0.2) is 57.8 Å². The van der Waals surface area contributed by atoms with E-state index in [-0.39, 0.29) is 18.4 Å². The molecule has 2 amide bonds. The molecular formula is C23H29N3O5. The maximum absolute atomic E-state index is 12.5. The molecule has 2 N–H and O–H groups in total. The molecule has 0 spiro atoms. The van der Waals surface area contributed by atoms with Gasteiger partial charge in [-0.1, -0.05) is 31.2 Å². The van der Waals surface area contributed by atoms with Gasteiger partial charge in [-0.3, -0.25) is 9.59 Å². The first kappa shape index (κ1) is 22.3. The summed E-state index contributed by atoms with van der Waals surface area (Å²) >= 11 is 0. The minimum atomic E-state index is -0.664. The SMILES string of the molecule is CCCNC(=O)[C@@H]1CN(CC(=O)NCCOc2ccccc2OC)c2ccccc2O1. The second-order valence-corrected chi connectivity index (χ2v) is 7.10. The van der Waals surface area contributed by atoms with Crippen LogP contribution in [0.5, 0.6) is 17.2 Å². The molecule has 0 bridgehead atoms. The molecule has 3 rings (SSSR count). The van der Waals surface area contributed by atoms with E-state index in [9.17, 15) is 9.59 Å². The summed E-state index contributed by atoms with van der Waals surface area (Å²) in [4.78, 5) is 26.8. The average Bonchev–Trinajstić information content (AvgIpc) is 2.80. The first-order valence-electron chi connectivity index (χ1n) is 10.4. The molecule has 1 aliphatic heterocycles. The molecule has 0 fully saturated rings. The van der Waals surface area contributed by atoms with E-state index in [1.165, 1.54) is 0 Å². The minimum Gasteiger partial charge on any atom is -0.493 e. The third-order valence-corrected chi connectivity index (χ3v) is 4.79. The van der Waals surface area contributed by atoms with Gasteiger partial charge in [-0.2, -0.15) is 0 Å². The average molecular weight is 428 g/mol. The molecule has 0 unspecified atom stereocenters. The molecule has 1 heterocycles. The third kappa shape index (κ3) is 6.04. The lowest BCUT2D eigenvalue weighted by molar-refractivity contribution is -0.128. The van der Waals surface area contributed by atoms with Gasteiger partial charge in [-0.05, 0) is 30.7 Å². The first-order valence-corrected chi connectivity index (χ1v) is 10.4. The van der Waals surface area contributed by atoms with Gasteiger partial charge >= 0.3 is 0 Å². The van der Waals surface area contributed by atoms with Crippen molar-refractivity contribution in [3.63, 3.8) is 0 Å². The van der Waals surface area contributed by atoms with Gasteiger partial charge in [0.1, 0.15) is 12.4 Å². The summed E-state index contributed by atoms with van der Waals surface area (Å²) in [5.74, 6) is 1.53. The molecule has 8 heteroatoms. The van der Waals surface area contributed by atoms with Crippen molar-refractivity contribution in [1.29, 1.82) is 0 Å². The number of nitrogens with one attached hydrogen (secondary N) is 2. The number of benzene rings is 2. The molecule has 8 nitrogen and oxygen atoms in total. The van der Waals surface area contributed by atoms with Gasteiger partial charge in [0, 0.05) is 6.54 Å². The Bertz CT molecular complexity index is 889. The normalized spacial score (nSPS) is 14.8. The van der Waals surface area contributed by atoms with E-state index < -0.39 is 6.10 Å². The number of methoxy groups -OCH3 is 1. The van der Waals surface area contributed by atoms with Gasteiger partial charge < -0.3 is 29.7 Å². The number of nitrogens with zero attached hydrogens (tertiary/aromatic N) is 1. The van der Waals surface area contributed by atoms with Crippen LogP contribution >= 0.6 is 0 Å². The number of ether oxygens (including phenoxy) is 3. The van der Waals surface area contributed by atoms with Gasteiger partial charge in [0.2, 0.25) is 5.91 Å². The Morgan fingerprint density at radius 3 is 2.58 bits per heavy atom. The highest BCUT2D eigenvalue weighted by Crippen LogP contribution is 2.32. The predicted molar refractivity (Wildman–Crippen MR) is 118 cm³/mol. The van der Waals surface area contributed by atoms with Crippen molar-refractivity contribution in [1.82, 2.24) is 10.6 Å². The Morgan fingerprint density at radius 2 is 1.81 bits per heavy atom. The number of para-hydroxylation sites is 4. The monoisotopic (exact) mass is 427 g/mol. The fourth-order valence-electron chi connectivity index (χ4n) is 3.27. The van der Waals surface area contributed by atoms with E-state index >= 15 is 0 Å². The number of hydrogen-bond donors (Lipinski definition) is 2. The van der Waals surface area contributed by atoms with Crippen LogP contribution in [0.3, 0.4) is 0 Å². The summed E-state index contributed by atoms with van der Waals surface area (Å²) in [7, 11) is 1.58. The zero-order valence-electron chi connectivity index (χ0n) is 17.9. The number of amides is 2. The number of carbonyl (C=O) groups is 2. The van der Waals surface area contributed by atoms with E-state index in [4.69, 9.17) is 14.2 Å². The van der Waals surface area contributed by atoms with Gasteiger partial charge in [0.05, 0.1) is 32.4 Å². The Hall–Kier alpha value is -3.42. The van der Waals surface area contributed by atoms with Crippen LogP contribution in [0, 0.1) is 0 Å². The Kier molecular flexibility index (Phi) is 7.98. The van der Waals surface area contributed by atoms with E-state index in [2.05, 4.69) is 10.6 Å². The Labute approximate surface area is 182 Å². The number of anilines is 1. The molecule has 0 saturated heterocycles. The summed E-state index contributed by atoms with van der Waals surface area (Å²) in [6.07, 6.45) is 0.182. The lowest BCUT2D eigenvalue weighted by Crippen LogP contribution is -2.51. The van der Waals surface area contributed by atoms with Crippen LogP contribution in [0.2, 0.25) is 0 Å². The van der Waals surface area contributed by atoms with Crippen LogP contribution in [0.25, 0.3) is 0 Å². The van der Waals surface area contributed by atoms with Crippen LogP contribution in [0.15, 0.2) is 48.5 Å². The molecule has 31 heavy (non-hydrogen) atoms. The smallest absolute Gasteiger partial charge is 0.262 e. The Balaban J connectivity index is 1.53. The highest BCUT2D eigenvalue weighted by molar-refractivity contribution is 5.86. The van der Waals surface area contributed by atoms with Crippen molar-refractivity contribution in [2.24, 2.45) is 0 Å². The van der Waals surface area contributed by atoms with E-state index in [0.29, 0.717) is 43.5 Å². The molecule has 0 aliphatic carbocycles. The van der Waals surface area contributed by atoms with Gasteiger partial charge in [0.15, 0.2) is 17.6 Å². The zero-order valence-corrected chi connectivity index (χ0v) is 17.9. The number of fused-ring (bicyclic) bond motifs is 1. The maximum atomic E-state index is 12.5. The lowest BCUT2D eigenvalue weighted by atomic mass is 10.1. The summed E-state index contributed by atoms with van der Waals surface area (Å²) in [5, 5.41) is 5.71. The van der Waals surface area contributed by atoms with Crippen molar-refractivity contribution in [2.45, 2.75) is 19.4 Å². The molecule has 2 aromatic rings. The quantitative estimate of drug-likeness (QED) is 0.564. The topological polar surface area (TPSA) is 89.1 Å². The van der Waals surface area contributed by atoms with Crippen molar-refractivity contribution in [2.75, 3.05) is 44.8 Å². The standard InChI is InChI=1S/C23H29N3O5/c1-3-12-25-23(28)21-15-26(17-8-4-5-9-18(17)31-21)16-22(27)24-13-14-30-20-11-7-6-10-19(20)29-2/h4-11,21H,3,12-16H2,1-2H3,(H,24,27)(H,25,28)/t21-/m0/s1. The molecule has 1 aliphatic rings. The molecular weight excluding hydrogens is 398 g/mol. The first-order chi connectivity index (χ1) is 15.1. The summed E-state index contributed by atoms with van der Waals surface area (Å²) in [6.45, 7) is 3.67. The van der Waals surface area contributed by atoms with Crippen LogP contribution in [0.4, 0.5) is 5.69 Å². The van der Waals surface area contributed by atoms with Crippen molar-refractivity contribution < 1.29 is 23.8 Å². The molecule has 2 aromatic carbocycles. The van der Waals surface area contributed by atoms with Gasteiger partial charge in [0.25, 0.3) is 5.91 Å². The third-order valence-electron chi connectivity index (χ3n) is 4.79. The van der Waals surface area contributed by atoms with E-state index in [1.54, 1.807) is 13.2 Å². The van der Waals surface area contributed by atoms with E-state index in [1.807, 2.05) is 54.3 Å². The van der Waals surface area contributed by atoms with Gasteiger partial charge in [-0.15, -0.1) is 0 Å². The van der Waals surface area contributed by atoms with Crippen LogP contribution in [-0.2, 0) is 9.59 Å². The minimum absolute atomic E-state index is 0.118. The number of carbonyl (C=O) groups excluding carboxylic acids is 2. The zero-order chi connectivity index (χ0) is 22.1. The van der Waals surface area contributed by atoms with Crippen molar-refractivity contribution >= 4 is 17.5 Å². The summed E-state index contributed by atoms with van der Waals surface area (Å²) in [6, 6.07) is 14.8. The lowest BCUT2D eigenvalue weighted by Gasteiger charge is -2.35. The Morgan fingerprint density at radius 1 is 1.06 bits per heavy atom. The number of hydrogen-bond acceptors (Lipinski definition) is 6. The second kappa shape index (κ2) is 11.1. The van der Waals surface area contributed by atoms with Gasteiger partial charge in [-0.25, -0.2) is 0 Å². The molecule has 166 valence electrons. The molecule has 0 aromatic heterocycles. The van der Waals surface area contributed by atoms with Crippen LogP contribution < -0.4 is 29.7 Å². The molecule has 0 radical (unpaired) electrons.